The summed E-state index contributed by atoms with van der Waals surface area (Å²) in [7, 11) is 1.68. The Labute approximate surface area is 127 Å². The van der Waals surface area contributed by atoms with E-state index in [0.717, 1.165) is 38.3 Å². The molecular weight excluding hydrogens is 318 g/mol. The third kappa shape index (κ3) is 2.43. The summed E-state index contributed by atoms with van der Waals surface area (Å²) in [5.41, 5.74) is 11.7. The minimum atomic E-state index is 0.392. The lowest BCUT2D eigenvalue weighted by Crippen LogP contribution is -2.03. The van der Waals surface area contributed by atoms with Crippen molar-refractivity contribution >= 4 is 15.9 Å². The number of aromatic nitrogens is 2. The molecule has 0 bridgehead atoms. The predicted molar refractivity (Wildman–Crippen MR) is 83.8 cm³/mol. The van der Waals surface area contributed by atoms with Crippen LogP contribution in [0, 0.1) is 20.8 Å². The molecule has 20 heavy (non-hydrogen) atoms. The van der Waals surface area contributed by atoms with Gasteiger partial charge in [-0.2, -0.15) is 0 Å². The summed E-state index contributed by atoms with van der Waals surface area (Å²) in [6.07, 6.45) is 1.54. The zero-order valence-electron chi connectivity index (χ0n) is 12.1. The first kappa shape index (κ1) is 14.9. The van der Waals surface area contributed by atoms with Gasteiger partial charge in [-0.15, -0.1) is 0 Å². The van der Waals surface area contributed by atoms with E-state index in [-0.39, 0.29) is 0 Å². The molecule has 5 heteroatoms. The fraction of sp³-hybridized carbons (Fsp3) is 0.333. The van der Waals surface area contributed by atoms with Gasteiger partial charge < -0.3 is 10.5 Å². The van der Waals surface area contributed by atoms with Gasteiger partial charge in [0.2, 0.25) is 0 Å². The van der Waals surface area contributed by atoms with Gasteiger partial charge in [0.15, 0.2) is 0 Å². The van der Waals surface area contributed by atoms with Gasteiger partial charge in [-0.05, 0) is 43.5 Å². The van der Waals surface area contributed by atoms with E-state index >= 15 is 0 Å². The molecule has 0 saturated heterocycles. The molecule has 0 amide bonds. The highest BCUT2D eigenvalue weighted by Gasteiger charge is 2.19. The van der Waals surface area contributed by atoms with Crippen molar-refractivity contribution in [2.24, 2.45) is 5.73 Å². The fourth-order valence-electron chi connectivity index (χ4n) is 2.29. The molecule has 0 fully saturated rings. The molecule has 106 valence electrons. The molecular formula is C15H18BrN3O. The highest BCUT2D eigenvalue weighted by atomic mass is 79.9. The first-order valence-corrected chi connectivity index (χ1v) is 7.15. The molecule has 2 aromatic rings. The van der Waals surface area contributed by atoms with Crippen LogP contribution in [0.1, 0.15) is 22.4 Å². The van der Waals surface area contributed by atoms with Gasteiger partial charge in [-0.3, -0.25) is 0 Å². The second-order valence-corrected chi connectivity index (χ2v) is 5.49. The third-order valence-electron chi connectivity index (χ3n) is 3.56. The molecule has 0 aliphatic rings. The number of ether oxygens (including phenoxy) is 1. The highest BCUT2D eigenvalue weighted by molar-refractivity contribution is 9.10. The number of methoxy groups -OCH3 is 1. The Balaban J connectivity index is 2.78. The maximum atomic E-state index is 5.66. The third-order valence-corrected chi connectivity index (χ3v) is 4.75. The van der Waals surface area contributed by atoms with Crippen LogP contribution < -0.4 is 10.5 Å². The second kappa shape index (κ2) is 5.89. The normalized spacial score (nSPS) is 10.7. The average Bonchev–Trinajstić information content (AvgIpc) is 2.48. The average molecular weight is 336 g/mol. The first-order valence-electron chi connectivity index (χ1n) is 6.35. The van der Waals surface area contributed by atoms with Crippen LogP contribution >= 0.6 is 15.9 Å². The molecule has 1 aromatic heterocycles. The van der Waals surface area contributed by atoms with Gasteiger partial charge in [-0.25, -0.2) is 9.97 Å². The Hall–Kier alpha value is -1.46. The first-order chi connectivity index (χ1) is 9.51. The number of halogens is 1. The summed E-state index contributed by atoms with van der Waals surface area (Å²) in [4.78, 5) is 8.51. The van der Waals surface area contributed by atoms with Gasteiger partial charge in [0, 0.05) is 16.6 Å². The maximum absolute atomic E-state index is 5.66. The van der Waals surface area contributed by atoms with Crippen molar-refractivity contribution in [3.8, 4) is 17.0 Å². The monoisotopic (exact) mass is 335 g/mol. The maximum Gasteiger partial charge on any atom is 0.131 e. The summed E-state index contributed by atoms with van der Waals surface area (Å²) in [6.45, 7) is 6.57. The number of hydrogen-bond acceptors (Lipinski definition) is 4. The molecule has 0 aliphatic heterocycles. The molecule has 0 unspecified atom stereocenters. The number of nitrogens with zero attached hydrogens (tertiary/aromatic N) is 2. The van der Waals surface area contributed by atoms with Crippen molar-refractivity contribution in [3.05, 3.63) is 39.3 Å². The van der Waals surface area contributed by atoms with Gasteiger partial charge in [0.1, 0.15) is 12.1 Å². The predicted octanol–water partition coefficient (Wildman–Crippen LogP) is 3.30. The Morgan fingerprint density at radius 1 is 1.15 bits per heavy atom. The molecule has 0 atom stereocenters. The van der Waals surface area contributed by atoms with E-state index in [9.17, 15) is 0 Å². The zero-order chi connectivity index (χ0) is 14.9. The fourth-order valence-corrected chi connectivity index (χ4v) is 2.79. The van der Waals surface area contributed by atoms with Crippen LogP contribution in [-0.4, -0.2) is 17.1 Å². The molecule has 1 aromatic carbocycles. The van der Waals surface area contributed by atoms with Crippen molar-refractivity contribution in [2.75, 3.05) is 7.11 Å². The van der Waals surface area contributed by atoms with Gasteiger partial charge in [0.25, 0.3) is 0 Å². The molecule has 0 spiro atoms. The van der Waals surface area contributed by atoms with Crippen LogP contribution in [0.4, 0.5) is 0 Å². The largest absolute Gasteiger partial charge is 0.496 e. The van der Waals surface area contributed by atoms with E-state index in [0.29, 0.717) is 6.54 Å². The summed E-state index contributed by atoms with van der Waals surface area (Å²) >= 11 is 3.65. The molecule has 0 saturated carbocycles. The van der Waals surface area contributed by atoms with Gasteiger partial charge in [0.05, 0.1) is 18.5 Å². The Kier molecular flexibility index (Phi) is 4.40. The summed E-state index contributed by atoms with van der Waals surface area (Å²) in [5.74, 6) is 0.852. The molecule has 4 nitrogen and oxygen atoms in total. The number of hydrogen-bond donors (Lipinski definition) is 1. The number of rotatable bonds is 3. The lowest BCUT2D eigenvalue weighted by atomic mass is 9.96. The van der Waals surface area contributed by atoms with Crippen LogP contribution in [0.3, 0.4) is 0 Å². The van der Waals surface area contributed by atoms with E-state index in [4.69, 9.17) is 10.5 Å². The Bertz CT molecular complexity index is 656. The van der Waals surface area contributed by atoms with E-state index in [2.05, 4.69) is 39.7 Å². The van der Waals surface area contributed by atoms with Crippen LogP contribution in [0.15, 0.2) is 16.9 Å². The minimum absolute atomic E-state index is 0.392. The topological polar surface area (TPSA) is 61.0 Å². The second-order valence-electron chi connectivity index (χ2n) is 4.70. The highest BCUT2D eigenvalue weighted by Crippen LogP contribution is 2.41. The van der Waals surface area contributed by atoms with Crippen LogP contribution in [0.25, 0.3) is 11.3 Å². The molecule has 1 heterocycles. The summed E-state index contributed by atoms with van der Waals surface area (Å²) in [6, 6.07) is 1.91. The van der Waals surface area contributed by atoms with Crippen molar-refractivity contribution in [2.45, 2.75) is 27.3 Å². The lowest BCUT2D eigenvalue weighted by Gasteiger charge is -2.18. The standard InChI is InChI=1S/C15H18BrN3O/c1-8-9(2)15(20-4)13(10(3)14(8)16)12-5-11(6-17)18-7-19-12/h5,7H,6,17H2,1-4H3. The van der Waals surface area contributed by atoms with E-state index in [1.54, 1.807) is 13.4 Å². The zero-order valence-corrected chi connectivity index (χ0v) is 13.7. The molecule has 0 radical (unpaired) electrons. The minimum Gasteiger partial charge on any atom is -0.496 e. The van der Waals surface area contributed by atoms with Crippen molar-refractivity contribution in [3.63, 3.8) is 0 Å². The van der Waals surface area contributed by atoms with Crippen molar-refractivity contribution in [1.29, 1.82) is 0 Å². The molecule has 2 rings (SSSR count). The van der Waals surface area contributed by atoms with Crippen molar-refractivity contribution < 1.29 is 4.74 Å². The van der Waals surface area contributed by atoms with Crippen LogP contribution in [0.5, 0.6) is 5.75 Å². The molecule has 0 aliphatic carbocycles. The summed E-state index contributed by atoms with van der Waals surface area (Å²) < 4.78 is 6.69. The lowest BCUT2D eigenvalue weighted by molar-refractivity contribution is 0.412. The Morgan fingerprint density at radius 2 is 1.85 bits per heavy atom. The van der Waals surface area contributed by atoms with E-state index in [1.165, 1.54) is 5.56 Å². The van der Waals surface area contributed by atoms with E-state index in [1.807, 2.05) is 13.0 Å². The SMILES string of the molecule is COc1c(C)c(C)c(Br)c(C)c1-c1cc(CN)ncn1. The summed E-state index contributed by atoms with van der Waals surface area (Å²) in [5, 5.41) is 0. The number of nitrogens with two attached hydrogens (primary N) is 1. The quantitative estimate of drug-likeness (QED) is 0.934. The van der Waals surface area contributed by atoms with Crippen molar-refractivity contribution in [1.82, 2.24) is 9.97 Å². The smallest absolute Gasteiger partial charge is 0.131 e. The van der Waals surface area contributed by atoms with Crippen LogP contribution in [0.2, 0.25) is 0 Å². The molecule has 2 N–H and O–H groups in total. The van der Waals surface area contributed by atoms with Gasteiger partial charge in [-0.1, -0.05) is 15.9 Å². The van der Waals surface area contributed by atoms with E-state index < -0.39 is 0 Å². The Morgan fingerprint density at radius 3 is 2.45 bits per heavy atom. The number of benzene rings is 1. The van der Waals surface area contributed by atoms with Gasteiger partial charge >= 0.3 is 0 Å². The van der Waals surface area contributed by atoms with Crippen LogP contribution in [-0.2, 0) is 6.54 Å².